The van der Waals surface area contributed by atoms with Crippen molar-refractivity contribution in [2.24, 2.45) is 0 Å². The first-order valence-electron chi connectivity index (χ1n) is 20.7. The molecule has 62 heavy (non-hydrogen) atoms. The quantitative estimate of drug-likeness (QED) is 0.177. The van der Waals surface area contributed by atoms with E-state index in [2.05, 4.69) is 150 Å². The second-order valence-electron chi connectivity index (χ2n) is 15.9. The van der Waals surface area contributed by atoms with E-state index >= 15 is 0 Å². The van der Waals surface area contributed by atoms with Crippen LogP contribution in [0.5, 0.6) is 0 Å². The van der Waals surface area contributed by atoms with Gasteiger partial charge < -0.3 is 13.4 Å². The zero-order chi connectivity index (χ0) is 40.5. The van der Waals surface area contributed by atoms with Crippen molar-refractivity contribution in [3.8, 4) is 39.9 Å². The Morgan fingerprint density at radius 2 is 0.952 bits per heavy atom. The van der Waals surface area contributed by atoms with Crippen molar-refractivity contribution < 1.29 is 8.83 Å². The summed E-state index contributed by atoms with van der Waals surface area (Å²) in [5.74, 6) is 1.73. The van der Waals surface area contributed by atoms with E-state index in [1.807, 2.05) is 36.4 Å². The third-order valence-electron chi connectivity index (χ3n) is 12.4. The molecule has 5 aromatic heterocycles. The number of aromatic nitrogens is 4. The Bertz CT molecular complexity index is 4060. The molecule has 0 atom stereocenters. The van der Waals surface area contributed by atoms with Gasteiger partial charge in [0.1, 0.15) is 22.3 Å². The van der Waals surface area contributed by atoms with Crippen molar-refractivity contribution in [3.63, 3.8) is 0 Å². The molecule has 0 bridgehead atoms. The van der Waals surface area contributed by atoms with Crippen molar-refractivity contribution >= 4 is 108 Å². The minimum atomic E-state index is 0.561. The van der Waals surface area contributed by atoms with E-state index in [-0.39, 0.29) is 0 Å². The Kier molecular flexibility index (Phi) is 6.89. The van der Waals surface area contributed by atoms with Gasteiger partial charge in [-0.15, -0.1) is 11.3 Å². The maximum absolute atomic E-state index is 6.62. The van der Waals surface area contributed by atoms with Gasteiger partial charge in [0.25, 0.3) is 0 Å². The molecule has 0 saturated carbocycles. The molecule has 6 nitrogen and oxygen atoms in total. The minimum absolute atomic E-state index is 0.561. The number of nitrogens with zero attached hydrogens (tertiary/aromatic N) is 4. The summed E-state index contributed by atoms with van der Waals surface area (Å²) < 4.78 is 17.8. The van der Waals surface area contributed by atoms with Crippen molar-refractivity contribution in [2.45, 2.75) is 0 Å². The van der Waals surface area contributed by atoms with Gasteiger partial charge in [0.15, 0.2) is 17.5 Å². The standard InChI is InChI=1S/C55H30N4O2S/c1-2-12-32-30-44-40(27-31(32)11-1)35-13-3-7-17-43(35)59(44)52-39(23-25-48-51(52)38-16-5-9-19-46(38)61-48)55-57-53(33-21-24-47-41(28-33)36-14-4-8-18-45(36)60-47)56-54(58-55)34-22-26-50-42(29-34)37-15-6-10-20-49(37)62-50/h1-30H. The molecule has 14 aromatic rings. The third kappa shape index (κ3) is 4.88. The lowest BCUT2D eigenvalue weighted by Crippen LogP contribution is -2.04. The summed E-state index contributed by atoms with van der Waals surface area (Å²) in [5, 5.41) is 11.2. The van der Waals surface area contributed by atoms with Crippen LogP contribution >= 0.6 is 11.3 Å². The summed E-state index contributed by atoms with van der Waals surface area (Å²) in [6.07, 6.45) is 0. The van der Waals surface area contributed by atoms with Crippen molar-refractivity contribution in [1.29, 1.82) is 0 Å². The monoisotopic (exact) mass is 810 g/mol. The smallest absolute Gasteiger partial charge is 0.166 e. The Balaban J connectivity index is 1.10. The van der Waals surface area contributed by atoms with Gasteiger partial charge in [0, 0.05) is 63.8 Å². The molecular formula is C55H30N4O2S. The second-order valence-corrected chi connectivity index (χ2v) is 17.0. The molecule has 288 valence electrons. The highest BCUT2D eigenvalue weighted by Crippen LogP contribution is 2.44. The van der Waals surface area contributed by atoms with Gasteiger partial charge in [-0.25, -0.2) is 15.0 Å². The van der Waals surface area contributed by atoms with E-state index in [0.29, 0.717) is 17.5 Å². The van der Waals surface area contributed by atoms with Crippen LogP contribution in [0.25, 0.3) is 136 Å². The molecule has 0 saturated heterocycles. The van der Waals surface area contributed by atoms with Crippen LogP contribution in [0, 0.1) is 0 Å². The van der Waals surface area contributed by atoms with Crippen LogP contribution in [-0.4, -0.2) is 19.5 Å². The summed E-state index contributed by atoms with van der Waals surface area (Å²) in [6, 6.07) is 63.8. The number of hydrogen-bond donors (Lipinski definition) is 0. The van der Waals surface area contributed by atoms with Crippen molar-refractivity contribution in [3.05, 3.63) is 182 Å². The van der Waals surface area contributed by atoms with Gasteiger partial charge >= 0.3 is 0 Å². The van der Waals surface area contributed by atoms with Crippen molar-refractivity contribution in [1.82, 2.24) is 19.5 Å². The first kappa shape index (κ1) is 33.7. The molecule has 0 fully saturated rings. The van der Waals surface area contributed by atoms with Gasteiger partial charge in [0.2, 0.25) is 0 Å². The van der Waals surface area contributed by atoms with E-state index < -0.39 is 0 Å². The zero-order valence-electron chi connectivity index (χ0n) is 32.8. The first-order valence-corrected chi connectivity index (χ1v) is 21.5. The summed E-state index contributed by atoms with van der Waals surface area (Å²) in [6.45, 7) is 0. The highest BCUT2D eigenvalue weighted by atomic mass is 32.1. The lowest BCUT2D eigenvalue weighted by atomic mass is 10.0. The Morgan fingerprint density at radius 3 is 1.79 bits per heavy atom. The maximum atomic E-state index is 6.62. The molecule has 0 amide bonds. The summed E-state index contributed by atoms with van der Waals surface area (Å²) >= 11 is 1.80. The summed E-state index contributed by atoms with van der Waals surface area (Å²) in [5.41, 5.74) is 9.05. The fourth-order valence-corrected chi connectivity index (χ4v) is 10.7. The first-order chi connectivity index (χ1) is 30.7. The van der Waals surface area contributed by atoms with Crippen LogP contribution in [0.2, 0.25) is 0 Å². The maximum Gasteiger partial charge on any atom is 0.166 e. The fraction of sp³-hybridized carbons (Fsp3) is 0. The Labute approximate surface area is 356 Å². The molecule has 0 aliphatic heterocycles. The molecule has 9 aromatic carbocycles. The van der Waals surface area contributed by atoms with E-state index in [1.165, 1.54) is 30.9 Å². The average Bonchev–Trinajstić information content (AvgIpc) is 4.09. The normalized spacial score (nSPS) is 12.2. The largest absolute Gasteiger partial charge is 0.456 e. The molecule has 7 heteroatoms. The molecule has 0 radical (unpaired) electrons. The number of para-hydroxylation sites is 3. The van der Waals surface area contributed by atoms with Crippen LogP contribution in [0.15, 0.2) is 191 Å². The van der Waals surface area contributed by atoms with E-state index in [4.69, 9.17) is 23.8 Å². The number of rotatable bonds is 4. The van der Waals surface area contributed by atoms with Gasteiger partial charge in [-0.05, 0) is 95.7 Å². The van der Waals surface area contributed by atoms with E-state index in [9.17, 15) is 0 Å². The summed E-state index contributed by atoms with van der Waals surface area (Å²) in [4.78, 5) is 16.2. The molecule has 0 unspecified atom stereocenters. The topological polar surface area (TPSA) is 69.9 Å². The van der Waals surface area contributed by atoms with E-state index in [0.717, 1.165) is 88.1 Å². The fourth-order valence-electron chi connectivity index (χ4n) is 9.59. The Hall–Kier alpha value is -8.13. The molecule has 5 heterocycles. The van der Waals surface area contributed by atoms with Crippen LogP contribution < -0.4 is 0 Å². The van der Waals surface area contributed by atoms with Crippen molar-refractivity contribution in [2.75, 3.05) is 0 Å². The van der Waals surface area contributed by atoms with Gasteiger partial charge in [-0.3, -0.25) is 0 Å². The summed E-state index contributed by atoms with van der Waals surface area (Å²) in [7, 11) is 0. The highest BCUT2D eigenvalue weighted by Gasteiger charge is 2.25. The second kappa shape index (κ2) is 12.7. The van der Waals surface area contributed by atoms with Gasteiger partial charge in [-0.2, -0.15) is 0 Å². The van der Waals surface area contributed by atoms with Gasteiger partial charge in [0.05, 0.1) is 22.1 Å². The zero-order valence-corrected chi connectivity index (χ0v) is 33.7. The molecule has 14 rings (SSSR count). The van der Waals surface area contributed by atoms with Crippen LogP contribution in [0.1, 0.15) is 0 Å². The molecule has 0 spiro atoms. The SMILES string of the molecule is c1ccc2cc3c(cc2c1)c1ccccc1n3-c1c(-c2nc(-c3ccc4oc5ccccc5c4c3)nc(-c3ccc4sc5ccccc5c4c3)n2)ccc2oc3ccccc3c12. The number of fused-ring (bicyclic) bond motifs is 13. The molecular weight excluding hydrogens is 781 g/mol. The number of benzene rings is 9. The van der Waals surface area contributed by atoms with Crippen LogP contribution in [-0.2, 0) is 0 Å². The van der Waals surface area contributed by atoms with Gasteiger partial charge in [-0.1, -0.05) is 97.1 Å². The highest BCUT2D eigenvalue weighted by molar-refractivity contribution is 7.25. The van der Waals surface area contributed by atoms with Crippen LogP contribution in [0.3, 0.4) is 0 Å². The Morgan fingerprint density at radius 1 is 0.371 bits per heavy atom. The molecule has 0 N–H and O–H groups in total. The number of thiophene rings is 1. The lowest BCUT2D eigenvalue weighted by Gasteiger charge is -2.16. The minimum Gasteiger partial charge on any atom is -0.456 e. The number of hydrogen-bond acceptors (Lipinski definition) is 6. The predicted octanol–water partition coefficient (Wildman–Crippen LogP) is 15.3. The average molecular weight is 811 g/mol. The molecule has 0 aliphatic carbocycles. The molecule has 0 aliphatic rings. The van der Waals surface area contributed by atoms with Crippen LogP contribution in [0.4, 0.5) is 0 Å². The number of furan rings is 2. The lowest BCUT2D eigenvalue weighted by molar-refractivity contribution is 0.668. The van der Waals surface area contributed by atoms with E-state index in [1.54, 1.807) is 11.3 Å². The predicted molar refractivity (Wildman–Crippen MR) is 255 cm³/mol. The third-order valence-corrected chi connectivity index (χ3v) is 13.6.